The number of nitrogens with one attached hydrogen (secondary N) is 1. The summed E-state index contributed by atoms with van der Waals surface area (Å²) in [5.41, 5.74) is 1.29. The van der Waals surface area contributed by atoms with Gasteiger partial charge in [0.1, 0.15) is 5.75 Å². The second-order valence-electron chi connectivity index (χ2n) is 5.13. The van der Waals surface area contributed by atoms with E-state index in [9.17, 15) is 0 Å². The minimum atomic E-state index is 0.721. The monoisotopic (exact) mass is 263 g/mol. The van der Waals surface area contributed by atoms with Crippen molar-refractivity contribution in [1.82, 2.24) is 5.32 Å². The lowest BCUT2D eigenvalue weighted by Crippen LogP contribution is -2.16. The zero-order valence-corrected chi connectivity index (χ0v) is 11.9. The molecule has 1 fully saturated rings. The maximum Gasteiger partial charge on any atom is 0.119 e. The zero-order chi connectivity index (χ0) is 13.3. The molecule has 0 spiro atoms. The summed E-state index contributed by atoms with van der Waals surface area (Å²) in [4.78, 5) is 0. The molecule has 1 aliphatic rings. The molecular weight excluding hydrogens is 238 g/mol. The summed E-state index contributed by atoms with van der Waals surface area (Å²) in [5, 5.41) is 3.44. The van der Waals surface area contributed by atoms with E-state index in [-0.39, 0.29) is 0 Å². The molecule has 0 atom stereocenters. The highest BCUT2D eigenvalue weighted by molar-refractivity contribution is 5.27. The van der Waals surface area contributed by atoms with Gasteiger partial charge < -0.3 is 14.8 Å². The molecule has 106 valence electrons. The van der Waals surface area contributed by atoms with Gasteiger partial charge in [0.25, 0.3) is 0 Å². The molecular formula is C16H25NO2. The molecule has 0 radical (unpaired) electrons. The van der Waals surface area contributed by atoms with Crippen LogP contribution in [-0.2, 0) is 11.3 Å². The van der Waals surface area contributed by atoms with Gasteiger partial charge >= 0.3 is 0 Å². The highest BCUT2D eigenvalue weighted by atomic mass is 16.5. The third kappa shape index (κ3) is 6.08. The van der Waals surface area contributed by atoms with Gasteiger partial charge in [-0.2, -0.15) is 0 Å². The molecule has 3 nitrogen and oxygen atoms in total. The predicted octanol–water partition coefficient (Wildman–Crippen LogP) is 2.99. The molecule has 3 heteroatoms. The Labute approximate surface area is 116 Å². The number of ether oxygens (including phenoxy) is 2. The Bertz CT molecular complexity index is 346. The summed E-state index contributed by atoms with van der Waals surface area (Å²) in [7, 11) is 0. The van der Waals surface area contributed by atoms with Crippen molar-refractivity contribution < 1.29 is 9.47 Å². The first-order valence-corrected chi connectivity index (χ1v) is 7.38. The Morgan fingerprint density at radius 3 is 2.68 bits per heavy atom. The van der Waals surface area contributed by atoms with Crippen LogP contribution < -0.4 is 10.1 Å². The molecule has 0 aliphatic heterocycles. The van der Waals surface area contributed by atoms with Crippen LogP contribution in [-0.4, -0.2) is 26.4 Å². The second-order valence-corrected chi connectivity index (χ2v) is 5.13. The first-order valence-electron chi connectivity index (χ1n) is 7.38. The van der Waals surface area contributed by atoms with Crippen molar-refractivity contribution in [1.29, 1.82) is 0 Å². The molecule has 1 aliphatic carbocycles. The van der Waals surface area contributed by atoms with Crippen LogP contribution in [0.5, 0.6) is 5.75 Å². The molecule has 1 aromatic rings. The van der Waals surface area contributed by atoms with Crippen LogP contribution in [0.15, 0.2) is 24.3 Å². The standard InChI is InChI=1S/C16H25NO2/c1-2-19-16-8-6-14(7-9-16)12-17-10-3-11-18-13-15-4-5-15/h6-9,15,17H,2-5,10-13H2,1H3. The molecule has 0 bridgehead atoms. The molecule has 0 unspecified atom stereocenters. The second kappa shape index (κ2) is 8.18. The summed E-state index contributed by atoms with van der Waals surface area (Å²) < 4.78 is 11.0. The van der Waals surface area contributed by atoms with E-state index in [0.717, 1.165) is 51.0 Å². The van der Waals surface area contributed by atoms with Crippen molar-refractivity contribution in [2.24, 2.45) is 5.92 Å². The molecule has 1 N–H and O–H groups in total. The van der Waals surface area contributed by atoms with E-state index in [4.69, 9.17) is 9.47 Å². The van der Waals surface area contributed by atoms with Crippen LogP contribution >= 0.6 is 0 Å². The van der Waals surface area contributed by atoms with Gasteiger partial charge in [-0.05, 0) is 56.3 Å². The molecule has 0 aromatic heterocycles. The Morgan fingerprint density at radius 2 is 2.00 bits per heavy atom. The zero-order valence-electron chi connectivity index (χ0n) is 11.9. The summed E-state index contributed by atoms with van der Waals surface area (Å²) in [6.07, 6.45) is 3.83. The van der Waals surface area contributed by atoms with E-state index in [0.29, 0.717) is 0 Å². The molecule has 0 heterocycles. The average Bonchev–Trinajstić information content (AvgIpc) is 3.24. The van der Waals surface area contributed by atoms with Crippen LogP contribution in [0.4, 0.5) is 0 Å². The fourth-order valence-corrected chi connectivity index (χ4v) is 1.94. The fraction of sp³-hybridized carbons (Fsp3) is 0.625. The van der Waals surface area contributed by atoms with Crippen LogP contribution in [0.1, 0.15) is 31.7 Å². The Balaban J connectivity index is 1.49. The Morgan fingerprint density at radius 1 is 1.21 bits per heavy atom. The van der Waals surface area contributed by atoms with Crippen molar-refractivity contribution in [3.63, 3.8) is 0 Å². The van der Waals surface area contributed by atoms with E-state index in [1.165, 1.54) is 18.4 Å². The molecule has 0 amide bonds. The molecule has 1 saturated carbocycles. The quantitative estimate of drug-likeness (QED) is 0.658. The van der Waals surface area contributed by atoms with Gasteiger partial charge in [0, 0.05) is 19.8 Å². The molecule has 0 saturated heterocycles. The van der Waals surface area contributed by atoms with Crippen LogP contribution in [0.3, 0.4) is 0 Å². The lowest BCUT2D eigenvalue weighted by molar-refractivity contribution is 0.122. The van der Waals surface area contributed by atoms with Crippen molar-refractivity contribution in [3.8, 4) is 5.75 Å². The topological polar surface area (TPSA) is 30.5 Å². The van der Waals surface area contributed by atoms with Crippen LogP contribution in [0.25, 0.3) is 0 Å². The minimum Gasteiger partial charge on any atom is -0.494 e. The highest BCUT2D eigenvalue weighted by Crippen LogP contribution is 2.28. The molecule has 2 rings (SSSR count). The minimum absolute atomic E-state index is 0.721. The lowest BCUT2D eigenvalue weighted by Gasteiger charge is -2.07. The fourth-order valence-electron chi connectivity index (χ4n) is 1.94. The first-order chi connectivity index (χ1) is 9.38. The first kappa shape index (κ1) is 14.4. The smallest absolute Gasteiger partial charge is 0.119 e. The average molecular weight is 263 g/mol. The normalized spacial score (nSPS) is 14.6. The van der Waals surface area contributed by atoms with E-state index in [1.54, 1.807) is 0 Å². The van der Waals surface area contributed by atoms with E-state index >= 15 is 0 Å². The predicted molar refractivity (Wildman–Crippen MR) is 77.5 cm³/mol. The van der Waals surface area contributed by atoms with Gasteiger partial charge in [-0.15, -0.1) is 0 Å². The maximum atomic E-state index is 5.60. The Hall–Kier alpha value is -1.06. The van der Waals surface area contributed by atoms with Gasteiger partial charge in [-0.25, -0.2) is 0 Å². The molecule has 19 heavy (non-hydrogen) atoms. The lowest BCUT2D eigenvalue weighted by atomic mass is 10.2. The molecule has 1 aromatic carbocycles. The highest BCUT2D eigenvalue weighted by Gasteiger charge is 2.20. The summed E-state index contributed by atoms with van der Waals surface area (Å²) in [5.74, 6) is 1.82. The van der Waals surface area contributed by atoms with Gasteiger partial charge in [0.15, 0.2) is 0 Å². The van der Waals surface area contributed by atoms with E-state index in [2.05, 4.69) is 17.4 Å². The number of hydrogen-bond acceptors (Lipinski definition) is 3. The SMILES string of the molecule is CCOc1ccc(CNCCCOCC2CC2)cc1. The van der Waals surface area contributed by atoms with Crippen molar-refractivity contribution in [2.75, 3.05) is 26.4 Å². The van der Waals surface area contributed by atoms with Crippen molar-refractivity contribution >= 4 is 0 Å². The number of rotatable bonds is 10. The van der Waals surface area contributed by atoms with Crippen molar-refractivity contribution in [3.05, 3.63) is 29.8 Å². The largest absolute Gasteiger partial charge is 0.494 e. The van der Waals surface area contributed by atoms with Gasteiger partial charge in [-0.3, -0.25) is 0 Å². The summed E-state index contributed by atoms with van der Waals surface area (Å²) in [6, 6.07) is 8.28. The number of hydrogen-bond donors (Lipinski definition) is 1. The summed E-state index contributed by atoms with van der Waals surface area (Å²) in [6.45, 7) is 6.50. The maximum absolute atomic E-state index is 5.60. The van der Waals surface area contributed by atoms with E-state index in [1.807, 2.05) is 19.1 Å². The van der Waals surface area contributed by atoms with Gasteiger partial charge in [0.05, 0.1) is 6.61 Å². The number of benzene rings is 1. The van der Waals surface area contributed by atoms with Gasteiger partial charge in [0.2, 0.25) is 0 Å². The van der Waals surface area contributed by atoms with Crippen LogP contribution in [0.2, 0.25) is 0 Å². The van der Waals surface area contributed by atoms with Crippen LogP contribution in [0, 0.1) is 5.92 Å². The third-order valence-electron chi connectivity index (χ3n) is 3.26. The third-order valence-corrected chi connectivity index (χ3v) is 3.26. The van der Waals surface area contributed by atoms with E-state index < -0.39 is 0 Å². The summed E-state index contributed by atoms with van der Waals surface area (Å²) >= 11 is 0. The van der Waals surface area contributed by atoms with Gasteiger partial charge in [-0.1, -0.05) is 12.1 Å². The van der Waals surface area contributed by atoms with Crippen molar-refractivity contribution in [2.45, 2.75) is 32.7 Å². The Kier molecular flexibility index (Phi) is 6.18.